The largest absolute Gasteiger partial charge is 0.489 e. The number of hydrogen-bond acceptors (Lipinski definition) is 7. The molecule has 0 saturated carbocycles. The van der Waals surface area contributed by atoms with Crippen LogP contribution in [-0.2, 0) is 6.42 Å². The Kier molecular flexibility index (Phi) is 5.51. The number of aliphatic hydroxyl groups excluding tert-OH is 1. The molecule has 4 rings (SSSR count). The molecule has 7 heteroatoms. The SMILES string of the molecule is CC(C)Oc1ccc(-c2nc(-c3cccc4c3CC[C@@H]4NCCO)no2)cc1N. The Morgan fingerprint density at radius 1 is 1.31 bits per heavy atom. The molecule has 1 aliphatic carbocycles. The number of rotatable bonds is 7. The van der Waals surface area contributed by atoms with Crippen molar-refractivity contribution in [1.82, 2.24) is 15.5 Å². The molecule has 1 aliphatic rings. The Hall–Kier alpha value is -2.90. The van der Waals surface area contributed by atoms with Gasteiger partial charge in [-0.1, -0.05) is 23.4 Å². The summed E-state index contributed by atoms with van der Waals surface area (Å²) < 4.78 is 11.2. The summed E-state index contributed by atoms with van der Waals surface area (Å²) >= 11 is 0. The molecular weight excluding hydrogens is 368 g/mol. The monoisotopic (exact) mass is 394 g/mol. The standard InChI is InChI=1S/C22H26N4O3/c1-13(2)28-20-9-6-14(12-18(20)23)22-25-21(26-29-22)17-5-3-4-16-15(17)7-8-19(16)24-10-11-27/h3-6,9,12-13,19,24,27H,7-8,10-11,23H2,1-2H3/t19-/m0/s1. The lowest BCUT2D eigenvalue weighted by Crippen LogP contribution is -2.22. The molecule has 29 heavy (non-hydrogen) atoms. The molecule has 4 N–H and O–H groups in total. The van der Waals surface area contributed by atoms with Gasteiger partial charge in [0, 0.05) is 23.7 Å². The maximum atomic E-state index is 9.09. The molecule has 1 atom stereocenters. The predicted molar refractivity (Wildman–Crippen MR) is 111 cm³/mol. The van der Waals surface area contributed by atoms with E-state index in [1.54, 1.807) is 6.07 Å². The Balaban J connectivity index is 1.61. The van der Waals surface area contributed by atoms with Crippen LogP contribution in [0.15, 0.2) is 40.9 Å². The molecule has 3 aromatic rings. The molecule has 1 heterocycles. The summed E-state index contributed by atoms with van der Waals surface area (Å²) in [5, 5.41) is 16.7. The minimum Gasteiger partial charge on any atom is -0.489 e. The molecule has 0 amide bonds. The van der Waals surface area contributed by atoms with Gasteiger partial charge in [0.2, 0.25) is 5.82 Å². The lowest BCUT2D eigenvalue weighted by Gasteiger charge is -2.13. The van der Waals surface area contributed by atoms with Gasteiger partial charge >= 0.3 is 0 Å². The Labute approximate surface area is 169 Å². The summed E-state index contributed by atoms with van der Waals surface area (Å²) in [6, 6.07) is 11.9. The van der Waals surface area contributed by atoms with Crippen molar-refractivity contribution < 1.29 is 14.4 Å². The molecule has 0 unspecified atom stereocenters. The van der Waals surface area contributed by atoms with Crippen molar-refractivity contribution in [2.75, 3.05) is 18.9 Å². The highest BCUT2D eigenvalue weighted by Gasteiger charge is 2.26. The first-order valence-corrected chi connectivity index (χ1v) is 9.93. The van der Waals surface area contributed by atoms with E-state index in [1.165, 1.54) is 11.1 Å². The summed E-state index contributed by atoms with van der Waals surface area (Å²) in [5.74, 6) is 1.64. The molecule has 2 aromatic carbocycles. The lowest BCUT2D eigenvalue weighted by atomic mass is 10.0. The van der Waals surface area contributed by atoms with Gasteiger partial charge in [0.1, 0.15) is 5.75 Å². The minimum atomic E-state index is 0.0500. The average molecular weight is 394 g/mol. The zero-order valence-electron chi connectivity index (χ0n) is 16.7. The molecule has 1 aromatic heterocycles. The smallest absolute Gasteiger partial charge is 0.258 e. The number of fused-ring (bicyclic) bond motifs is 1. The van der Waals surface area contributed by atoms with Gasteiger partial charge < -0.3 is 25.4 Å². The summed E-state index contributed by atoms with van der Waals surface area (Å²) in [5.41, 5.74) is 10.9. The van der Waals surface area contributed by atoms with E-state index in [0.717, 1.165) is 24.0 Å². The van der Waals surface area contributed by atoms with E-state index in [0.29, 0.717) is 29.7 Å². The van der Waals surface area contributed by atoms with E-state index in [9.17, 15) is 0 Å². The van der Waals surface area contributed by atoms with Gasteiger partial charge in [-0.2, -0.15) is 4.98 Å². The molecule has 0 bridgehead atoms. The molecule has 0 spiro atoms. The maximum Gasteiger partial charge on any atom is 0.258 e. The Morgan fingerprint density at radius 3 is 2.93 bits per heavy atom. The maximum absolute atomic E-state index is 9.09. The number of hydrogen-bond donors (Lipinski definition) is 3. The van der Waals surface area contributed by atoms with E-state index in [4.69, 9.17) is 20.1 Å². The van der Waals surface area contributed by atoms with Crippen LogP contribution in [0.2, 0.25) is 0 Å². The van der Waals surface area contributed by atoms with Gasteiger partial charge in [0.05, 0.1) is 18.4 Å². The van der Waals surface area contributed by atoms with Gasteiger partial charge in [0.25, 0.3) is 5.89 Å². The number of nitrogens with two attached hydrogens (primary N) is 1. The van der Waals surface area contributed by atoms with Crippen molar-refractivity contribution in [3.63, 3.8) is 0 Å². The average Bonchev–Trinajstić information content (AvgIpc) is 3.35. The van der Waals surface area contributed by atoms with Crippen LogP contribution >= 0.6 is 0 Å². The zero-order valence-corrected chi connectivity index (χ0v) is 16.7. The van der Waals surface area contributed by atoms with Crippen molar-refractivity contribution in [1.29, 1.82) is 0 Å². The zero-order chi connectivity index (χ0) is 20.4. The molecular formula is C22H26N4O3. The van der Waals surface area contributed by atoms with Crippen LogP contribution in [0, 0.1) is 0 Å². The van der Waals surface area contributed by atoms with Crippen LogP contribution in [-0.4, -0.2) is 34.5 Å². The first kappa shape index (κ1) is 19.4. The number of anilines is 1. The summed E-state index contributed by atoms with van der Waals surface area (Å²) in [4.78, 5) is 4.61. The van der Waals surface area contributed by atoms with Crippen molar-refractivity contribution in [2.45, 2.75) is 38.8 Å². The highest BCUT2D eigenvalue weighted by Crippen LogP contribution is 2.37. The highest BCUT2D eigenvalue weighted by molar-refractivity contribution is 5.69. The van der Waals surface area contributed by atoms with Crippen molar-refractivity contribution >= 4 is 5.69 Å². The topological polar surface area (TPSA) is 106 Å². The molecule has 7 nitrogen and oxygen atoms in total. The summed E-state index contributed by atoms with van der Waals surface area (Å²) in [6.07, 6.45) is 1.98. The third-order valence-electron chi connectivity index (χ3n) is 5.06. The van der Waals surface area contributed by atoms with E-state index >= 15 is 0 Å². The van der Waals surface area contributed by atoms with Gasteiger partial charge in [-0.25, -0.2) is 0 Å². The minimum absolute atomic E-state index is 0.0500. The number of nitrogen functional groups attached to an aromatic ring is 1. The van der Waals surface area contributed by atoms with Crippen LogP contribution in [0.25, 0.3) is 22.8 Å². The van der Waals surface area contributed by atoms with Gasteiger partial charge in [-0.3, -0.25) is 0 Å². The molecule has 0 radical (unpaired) electrons. The third kappa shape index (κ3) is 3.97. The van der Waals surface area contributed by atoms with Crippen molar-refractivity contribution in [3.05, 3.63) is 47.5 Å². The number of ether oxygens (including phenoxy) is 1. The van der Waals surface area contributed by atoms with Crippen LogP contribution in [0.4, 0.5) is 5.69 Å². The van der Waals surface area contributed by atoms with Gasteiger partial charge in [-0.05, 0) is 56.0 Å². The van der Waals surface area contributed by atoms with Gasteiger partial charge in [-0.15, -0.1) is 0 Å². The quantitative estimate of drug-likeness (QED) is 0.528. The second kappa shape index (κ2) is 8.23. The highest BCUT2D eigenvalue weighted by atomic mass is 16.5. The number of aromatic nitrogens is 2. The van der Waals surface area contributed by atoms with Gasteiger partial charge in [0.15, 0.2) is 0 Å². The number of nitrogens with zero attached hydrogens (tertiary/aromatic N) is 2. The van der Waals surface area contributed by atoms with Crippen LogP contribution < -0.4 is 15.8 Å². The molecule has 0 aliphatic heterocycles. The van der Waals surface area contributed by atoms with Crippen molar-refractivity contribution in [2.24, 2.45) is 0 Å². The second-order valence-electron chi connectivity index (χ2n) is 7.48. The first-order chi connectivity index (χ1) is 14.1. The Bertz CT molecular complexity index is 999. The first-order valence-electron chi connectivity index (χ1n) is 9.93. The van der Waals surface area contributed by atoms with Crippen molar-refractivity contribution in [3.8, 4) is 28.6 Å². The van der Waals surface area contributed by atoms with Crippen LogP contribution in [0.5, 0.6) is 5.75 Å². The van der Waals surface area contributed by atoms with Crippen LogP contribution in [0.1, 0.15) is 37.4 Å². The predicted octanol–water partition coefficient (Wildman–Crippen LogP) is 3.34. The fraction of sp³-hybridized carbons (Fsp3) is 0.364. The Morgan fingerprint density at radius 2 is 2.17 bits per heavy atom. The normalized spacial score (nSPS) is 15.7. The number of benzene rings is 2. The number of nitrogens with one attached hydrogen (secondary N) is 1. The third-order valence-corrected chi connectivity index (χ3v) is 5.06. The number of aliphatic hydroxyl groups is 1. The van der Waals surface area contributed by atoms with E-state index in [1.807, 2.05) is 38.1 Å². The van der Waals surface area contributed by atoms with E-state index in [2.05, 4.69) is 21.5 Å². The molecule has 0 saturated heterocycles. The summed E-state index contributed by atoms with van der Waals surface area (Å²) in [7, 11) is 0. The summed E-state index contributed by atoms with van der Waals surface area (Å²) in [6.45, 7) is 4.63. The fourth-order valence-corrected chi connectivity index (χ4v) is 3.81. The van der Waals surface area contributed by atoms with Crippen LogP contribution in [0.3, 0.4) is 0 Å². The van der Waals surface area contributed by atoms with E-state index < -0.39 is 0 Å². The fourth-order valence-electron chi connectivity index (χ4n) is 3.81. The lowest BCUT2D eigenvalue weighted by molar-refractivity contribution is 0.244. The second-order valence-corrected chi connectivity index (χ2v) is 7.48. The molecule has 0 fully saturated rings. The molecule has 152 valence electrons. The van der Waals surface area contributed by atoms with E-state index in [-0.39, 0.29) is 18.8 Å².